The average Bonchev–Trinajstić information content (AvgIpc) is 2.47. The largest absolute Gasteiger partial charge is 0.466 e. The summed E-state index contributed by atoms with van der Waals surface area (Å²) in [5, 5.41) is 0. The number of rotatable bonds is 3. The minimum Gasteiger partial charge on any atom is -0.466 e. The second-order valence-corrected chi connectivity index (χ2v) is 5.05. The van der Waals surface area contributed by atoms with Crippen LogP contribution in [0, 0.1) is 11.7 Å². The van der Waals surface area contributed by atoms with Crippen LogP contribution >= 0.6 is 0 Å². The number of anilines is 1. The Bertz CT molecular complexity index is 540. The van der Waals surface area contributed by atoms with Crippen molar-refractivity contribution >= 4 is 17.6 Å². The van der Waals surface area contributed by atoms with Gasteiger partial charge in [-0.05, 0) is 38.0 Å². The van der Waals surface area contributed by atoms with Crippen LogP contribution in [-0.2, 0) is 9.53 Å². The summed E-state index contributed by atoms with van der Waals surface area (Å²) in [5.74, 6) is -1.05. The zero-order valence-corrected chi connectivity index (χ0v) is 12.0. The average molecular weight is 294 g/mol. The third kappa shape index (κ3) is 3.51. The number of likely N-dealkylation sites (tertiary alicyclic amines) is 1. The summed E-state index contributed by atoms with van der Waals surface area (Å²) in [5.41, 5.74) is 6.11. The van der Waals surface area contributed by atoms with Gasteiger partial charge < -0.3 is 15.4 Å². The molecule has 6 heteroatoms. The predicted molar refractivity (Wildman–Crippen MR) is 76.1 cm³/mol. The van der Waals surface area contributed by atoms with Crippen molar-refractivity contribution < 1.29 is 18.7 Å². The lowest BCUT2D eigenvalue weighted by Crippen LogP contribution is -2.40. The predicted octanol–water partition coefficient (Wildman–Crippen LogP) is 1.82. The molecule has 1 aromatic rings. The summed E-state index contributed by atoms with van der Waals surface area (Å²) < 4.78 is 18.0. The van der Waals surface area contributed by atoms with Gasteiger partial charge in [0.2, 0.25) is 0 Å². The molecule has 1 heterocycles. The molecule has 21 heavy (non-hydrogen) atoms. The third-order valence-electron chi connectivity index (χ3n) is 3.65. The molecule has 0 bridgehead atoms. The number of amides is 1. The standard InChI is InChI=1S/C15H19FN2O3/c1-2-21-15(20)10-5-7-18(8-6-10)14(19)12-4-3-11(16)9-13(12)17/h3-4,9-10H,2,5-8,17H2,1H3. The molecule has 1 aliphatic heterocycles. The van der Waals surface area contributed by atoms with Gasteiger partial charge in [0.05, 0.1) is 18.1 Å². The van der Waals surface area contributed by atoms with Gasteiger partial charge in [-0.25, -0.2) is 4.39 Å². The van der Waals surface area contributed by atoms with Gasteiger partial charge in [-0.1, -0.05) is 0 Å². The number of nitrogens with two attached hydrogens (primary N) is 1. The number of benzene rings is 1. The maximum atomic E-state index is 13.0. The van der Waals surface area contributed by atoms with Crippen molar-refractivity contribution in [3.05, 3.63) is 29.6 Å². The first-order valence-electron chi connectivity index (χ1n) is 7.04. The van der Waals surface area contributed by atoms with E-state index in [1.165, 1.54) is 12.1 Å². The SMILES string of the molecule is CCOC(=O)C1CCN(C(=O)c2ccc(F)cc2N)CC1. The van der Waals surface area contributed by atoms with Crippen LogP contribution in [0.2, 0.25) is 0 Å². The number of halogens is 1. The molecule has 0 saturated carbocycles. The lowest BCUT2D eigenvalue weighted by atomic mass is 9.96. The molecule has 1 aromatic carbocycles. The van der Waals surface area contributed by atoms with Crippen LogP contribution in [0.4, 0.5) is 10.1 Å². The van der Waals surface area contributed by atoms with Gasteiger partial charge in [-0.15, -0.1) is 0 Å². The van der Waals surface area contributed by atoms with Gasteiger partial charge in [0.1, 0.15) is 5.82 Å². The quantitative estimate of drug-likeness (QED) is 0.682. The van der Waals surface area contributed by atoms with E-state index in [9.17, 15) is 14.0 Å². The highest BCUT2D eigenvalue weighted by Gasteiger charge is 2.29. The molecule has 0 unspecified atom stereocenters. The Balaban J connectivity index is 1.98. The van der Waals surface area contributed by atoms with Crippen LogP contribution in [0.1, 0.15) is 30.1 Å². The summed E-state index contributed by atoms with van der Waals surface area (Å²) in [6.07, 6.45) is 1.15. The van der Waals surface area contributed by atoms with Crippen molar-refractivity contribution in [3.8, 4) is 0 Å². The number of esters is 1. The van der Waals surface area contributed by atoms with E-state index in [1.54, 1.807) is 11.8 Å². The lowest BCUT2D eigenvalue weighted by molar-refractivity contribution is -0.149. The molecule has 1 aliphatic rings. The van der Waals surface area contributed by atoms with Crippen LogP contribution in [0.3, 0.4) is 0 Å². The Hall–Kier alpha value is -2.11. The minimum absolute atomic E-state index is 0.132. The second-order valence-electron chi connectivity index (χ2n) is 5.05. The van der Waals surface area contributed by atoms with Crippen molar-refractivity contribution in [2.75, 3.05) is 25.4 Å². The molecule has 5 nitrogen and oxygen atoms in total. The van der Waals surface area contributed by atoms with Crippen molar-refractivity contribution in [1.82, 2.24) is 4.90 Å². The summed E-state index contributed by atoms with van der Waals surface area (Å²) in [4.78, 5) is 25.6. The fourth-order valence-electron chi connectivity index (χ4n) is 2.48. The maximum absolute atomic E-state index is 13.0. The Morgan fingerprint density at radius 3 is 2.62 bits per heavy atom. The molecule has 0 aliphatic carbocycles. The van der Waals surface area contributed by atoms with Crippen LogP contribution in [0.5, 0.6) is 0 Å². The normalized spacial score (nSPS) is 15.8. The summed E-state index contributed by atoms with van der Waals surface area (Å²) in [6, 6.07) is 3.75. The first-order valence-corrected chi connectivity index (χ1v) is 7.04. The van der Waals surface area contributed by atoms with Crippen LogP contribution in [-0.4, -0.2) is 36.5 Å². The molecule has 0 radical (unpaired) electrons. The van der Waals surface area contributed by atoms with Crippen molar-refractivity contribution in [2.24, 2.45) is 5.92 Å². The van der Waals surface area contributed by atoms with Crippen molar-refractivity contribution in [2.45, 2.75) is 19.8 Å². The number of nitrogens with zero attached hydrogens (tertiary/aromatic N) is 1. The molecule has 1 fully saturated rings. The zero-order valence-electron chi connectivity index (χ0n) is 12.0. The summed E-state index contributed by atoms with van der Waals surface area (Å²) in [6.45, 7) is 3.08. The zero-order chi connectivity index (χ0) is 15.4. The van der Waals surface area contributed by atoms with E-state index < -0.39 is 5.82 Å². The summed E-state index contributed by atoms with van der Waals surface area (Å²) >= 11 is 0. The van der Waals surface area contributed by atoms with Gasteiger partial charge in [0.15, 0.2) is 0 Å². The minimum atomic E-state index is -0.468. The van der Waals surface area contributed by atoms with E-state index in [0.717, 1.165) is 6.07 Å². The first kappa shape index (κ1) is 15.3. The van der Waals surface area contributed by atoms with E-state index in [-0.39, 0.29) is 23.5 Å². The Morgan fingerprint density at radius 2 is 2.05 bits per heavy atom. The fourth-order valence-corrected chi connectivity index (χ4v) is 2.48. The van der Waals surface area contributed by atoms with Gasteiger partial charge in [-0.3, -0.25) is 9.59 Å². The highest BCUT2D eigenvalue weighted by molar-refractivity contribution is 5.99. The van der Waals surface area contributed by atoms with E-state index in [4.69, 9.17) is 10.5 Å². The summed E-state index contributed by atoms with van der Waals surface area (Å²) in [7, 11) is 0. The number of nitrogen functional groups attached to an aromatic ring is 1. The molecule has 0 aromatic heterocycles. The van der Waals surface area contributed by atoms with E-state index in [2.05, 4.69) is 0 Å². The van der Waals surface area contributed by atoms with Crippen LogP contribution in [0.15, 0.2) is 18.2 Å². The Kier molecular flexibility index (Phi) is 4.77. The molecule has 0 atom stereocenters. The van der Waals surface area contributed by atoms with Gasteiger partial charge in [0, 0.05) is 18.8 Å². The van der Waals surface area contributed by atoms with Crippen molar-refractivity contribution in [1.29, 1.82) is 0 Å². The number of hydrogen-bond donors (Lipinski definition) is 1. The smallest absolute Gasteiger partial charge is 0.309 e. The van der Waals surface area contributed by atoms with Gasteiger partial charge in [-0.2, -0.15) is 0 Å². The van der Waals surface area contributed by atoms with Gasteiger partial charge >= 0.3 is 5.97 Å². The number of carbonyl (C=O) groups is 2. The monoisotopic (exact) mass is 294 g/mol. The number of carbonyl (C=O) groups excluding carboxylic acids is 2. The Morgan fingerprint density at radius 1 is 1.38 bits per heavy atom. The molecule has 2 N–H and O–H groups in total. The second kappa shape index (κ2) is 6.56. The number of hydrogen-bond acceptors (Lipinski definition) is 4. The molecular weight excluding hydrogens is 275 g/mol. The molecule has 1 saturated heterocycles. The highest BCUT2D eigenvalue weighted by Crippen LogP contribution is 2.22. The first-order chi connectivity index (χ1) is 10.0. The fraction of sp³-hybridized carbons (Fsp3) is 0.467. The van der Waals surface area contributed by atoms with Crippen LogP contribution in [0.25, 0.3) is 0 Å². The maximum Gasteiger partial charge on any atom is 0.309 e. The number of ether oxygens (including phenoxy) is 1. The molecule has 0 spiro atoms. The molecule has 1 amide bonds. The van der Waals surface area contributed by atoms with Gasteiger partial charge in [0.25, 0.3) is 5.91 Å². The van der Waals surface area contributed by atoms with E-state index in [0.29, 0.717) is 38.1 Å². The van der Waals surface area contributed by atoms with Crippen LogP contribution < -0.4 is 5.73 Å². The number of piperidine rings is 1. The molecule has 114 valence electrons. The van der Waals surface area contributed by atoms with Crippen molar-refractivity contribution in [3.63, 3.8) is 0 Å². The molecule has 2 rings (SSSR count). The van der Waals surface area contributed by atoms with E-state index in [1.807, 2.05) is 0 Å². The van der Waals surface area contributed by atoms with E-state index >= 15 is 0 Å². The molecular formula is C15H19FN2O3. The Labute approximate surface area is 122 Å². The lowest BCUT2D eigenvalue weighted by Gasteiger charge is -2.31. The highest BCUT2D eigenvalue weighted by atomic mass is 19.1. The third-order valence-corrected chi connectivity index (χ3v) is 3.65. The topological polar surface area (TPSA) is 72.6 Å².